The Bertz CT molecular complexity index is 1070. The molecule has 1 aliphatic rings. The molecule has 0 bridgehead atoms. The van der Waals surface area contributed by atoms with Crippen LogP contribution in [0.4, 0.5) is 0 Å². The molecule has 0 radical (unpaired) electrons. The highest BCUT2D eigenvalue weighted by Crippen LogP contribution is 2.47. The second kappa shape index (κ2) is 6.03. The SMILES string of the molecule is COc1ccc(-c2c3c(c(OC)c4ccsc24)C(=O)OC3=O)cc1OC. The van der Waals surface area contributed by atoms with Crippen molar-refractivity contribution in [3.8, 4) is 28.4 Å². The number of hydrogen-bond acceptors (Lipinski definition) is 7. The number of fused-ring (bicyclic) bond motifs is 2. The minimum atomic E-state index is -0.698. The number of rotatable bonds is 4. The number of ether oxygens (including phenoxy) is 4. The van der Waals surface area contributed by atoms with E-state index in [9.17, 15) is 9.59 Å². The Labute approximate surface area is 152 Å². The van der Waals surface area contributed by atoms with Crippen LogP contribution in [0.15, 0.2) is 29.6 Å². The van der Waals surface area contributed by atoms with Gasteiger partial charge < -0.3 is 18.9 Å². The van der Waals surface area contributed by atoms with Gasteiger partial charge in [-0.25, -0.2) is 9.59 Å². The highest BCUT2D eigenvalue weighted by atomic mass is 32.1. The number of hydrogen-bond donors (Lipinski definition) is 0. The van der Waals surface area contributed by atoms with Crippen molar-refractivity contribution >= 4 is 33.4 Å². The molecular formula is C19H14O6S. The highest BCUT2D eigenvalue weighted by Gasteiger charge is 2.38. The molecule has 0 fully saturated rings. The monoisotopic (exact) mass is 370 g/mol. The van der Waals surface area contributed by atoms with Gasteiger partial charge in [-0.3, -0.25) is 0 Å². The molecule has 132 valence electrons. The van der Waals surface area contributed by atoms with Crippen LogP contribution in [0.2, 0.25) is 0 Å². The van der Waals surface area contributed by atoms with Gasteiger partial charge in [-0.1, -0.05) is 6.07 Å². The van der Waals surface area contributed by atoms with E-state index in [0.717, 1.165) is 15.6 Å². The zero-order valence-corrected chi connectivity index (χ0v) is 15.1. The molecule has 6 nitrogen and oxygen atoms in total. The van der Waals surface area contributed by atoms with Crippen molar-refractivity contribution in [2.24, 2.45) is 0 Å². The zero-order valence-electron chi connectivity index (χ0n) is 14.2. The van der Waals surface area contributed by atoms with Gasteiger partial charge in [-0.05, 0) is 29.1 Å². The lowest BCUT2D eigenvalue weighted by molar-refractivity contribution is 0.0443. The van der Waals surface area contributed by atoms with Gasteiger partial charge >= 0.3 is 11.9 Å². The number of thiophene rings is 1. The molecule has 0 amide bonds. The molecule has 4 rings (SSSR count). The van der Waals surface area contributed by atoms with Crippen LogP contribution in [0.25, 0.3) is 21.2 Å². The van der Waals surface area contributed by atoms with E-state index < -0.39 is 11.9 Å². The first-order chi connectivity index (χ1) is 12.6. The van der Waals surface area contributed by atoms with E-state index in [-0.39, 0.29) is 11.1 Å². The maximum absolute atomic E-state index is 12.4. The van der Waals surface area contributed by atoms with Crippen LogP contribution in [0.1, 0.15) is 20.7 Å². The molecular weight excluding hydrogens is 356 g/mol. The predicted octanol–water partition coefficient (Wildman–Crippen LogP) is 3.90. The lowest BCUT2D eigenvalue weighted by Crippen LogP contribution is -2.01. The fourth-order valence-electron chi connectivity index (χ4n) is 3.23. The van der Waals surface area contributed by atoms with Crippen LogP contribution in [-0.2, 0) is 4.74 Å². The summed E-state index contributed by atoms with van der Waals surface area (Å²) in [6, 6.07) is 7.21. The van der Waals surface area contributed by atoms with Crippen LogP contribution in [-0.4, -0.2) is 33.3 Å². The molecule has 0 spiro atoms. The molecule has 1 aromatic heterocycles. The van der Waals surface area contributed by atoms with E-state index in [1.54, 1.807) is 26.4 Å². The average Bonchev–Trinajstić information content (AvgIpc) is 3.24. The topological polar surface area (TPSA) is 71.1 Å². The summed E-state index contributed by atoms with van der Waals surface area (Å²) in [6.45, 7) is 0. The molecule has 0 atom stereocenters. The normalized spacial score (nSPS) is 12.9. The summed E-state index contributed by atoms with van der Waals surface area (Å²) in [7, 11) is 4.56. The van der Waals surface area contributed by atoms with Gasteiger partial charge in [0.05, 0.1) is 26.9 Å². The number of cyclic esters (lactones) is 2. The van der Waals surface area contributed by atoms with Crippen LogP contribution in [0.3, 0.4) is 0 Å². The summed E-state index contributed by atoms with van der Waals surface area (Å²) in [5.74, 6) is 0.0795. The minimum absolute atomic E-state index is 0.160. The van der Waals surface area contributed by atoms with Gasteiger partial charge in [0.25, 0.3) is 0 Å². The molecule has 0 saturated heterocycles. The first kappa shape index (κ1) is 16.4. The van der Waals surface area contributed by atoms with Crippen LogP contribution >= 0.6 is 11.3 Å². The maximum atomic E-state index is 12.4. The standard InChI is InChI=1S/C19H14O6S/c1-22-11-5-4-9(8-12(11)23-2)13-14-15(19(21)25-18(14)20)16(24-3)10-6-7-26-17(10)13/h4-8H,1-3H3. The summed E-state index contributed by atoms with van der Waals surface area (Å²) in [5, 5.41) is 2.65. The quantitative estimate of drug-likeness (QED) is 0.512. The van der Waals surface area contributed by atoms with Crippen LogP contribution < -0.4 is 14.2 Å². The molecule has 0 N–H and O–H groups in total. The molecule has 0 aliphatic carbocycles. The Balaban J connectivity index is 2.12. The largest absolute Gasteiger partial charge is 0.495 e. The molecule has 2 aromatic carbocycles. The van der Waals surface area contributed by atoms with Gasteiger partial charge in [0.15, 0.2) is 11.5 Å². The third-order valence-electron chi connectivity index (χ3n) is 4.33. The Morgan fingerprint density at radius 1 is 0.846 bits per heavy atom. The van der Waals surface area contributed by atoms with Crippen molar-refractivity contribution in [1.29, 1.82) is 0 Å². The summed E-state index contributed by atoms with van der Waals surface area (Å²) in [6.07, 6.45) is 0. The number of carbonyl (C=O) groups excluding carboxylic acids is 2. The third-order valence-corrected chi connectivity index (χ3v) is 5.27. The predicted molar refractivity (Wildman–Crippen MR) is 96.7 cm³/mol. The maximum Gasteiger partial charge on any atom is 0.350 e. The van der Waals surface area contributed by atoms with Crippen LogP contribution in [0, 0.1) is 0 Å². The highest BCUT2D eigenvalue weighted by molar-refractivity contribution is 7.18. The molecule has 7 heteroatoms. The lowest BCUT2D eigenvalue weighted by atomic mass is 9.93. The number of benzene rings is 2. The number of methoxy groups -OCH3 is 3. The van der Waals surface area contributed by atoms with Crippen molar-refractivity contribution in [2.75, 3.05) is 21.3 Å². The molecule has 26 heavy (non-hydrogen) atoms. The van der Waals surface area contributed by atoms with Gasteiger partial charge in [-0.2, -0.15) is 0 Å². The van der Waals surface area contributed by atoms with Crippen molar-refractivity contribution in [2.45, 2.75) is 0 Å². The Morgan fingerprint density at radius 2 is 1.58 bits per heavy atom. The molecule has 0 saturated carbocycles. The van der Waals surface area contributed by atoms with E-state index >= 15 is 0 Å². The van der Waals surface area contributed by atoms with E-state index in [2.05, 4.69) is 0 Å². The number of esters is 2. The van der Waals surface area contributed by atoms with Gasteiger partial charge in [0.2, 0.25) is 0 Å². The second-order valence-electron chi connectivity index (χ2n) is 5.57. The summed E-state index contributed by atoms with van der Waals surface area (Å²) in [5.41, 5.74) is 1.73. The fourth-order valence-corrected chi connectivity index (χ4v) is 4.20. The first-order valence-corrected chi connectivity index (χ1v) is 8.58. The van der Waals surface area contributed by atoms with Gasteiger partial charge in [-0.15, -0.1) is 11.3 Å². The number of carbonyl (C=O) groups is 2. The Morgan fingerprint density at radius 3 is 2.27 bits per heavy atom. The van der Waals surface area contributed by atoms with Crippen molar-refractivity contribution in [1.82, 2.24) is 0 Å². The first-order valence-electron chi connectivity index (χ1n) is 7.70. The van der Waals surface area contributed by atoms with E-state index in [1.807, 2.05) is 17.5 Å². The summed E-state index contributed by atoms with van der Waals surface area (Å²) in [4.78, 5) is 24.7. The summed E-state index contributed by atoms with van der Waals surface area (Å²) < 4.78 is 21.8. The average molecular weight is 370 g/mol. The van der Waals surface area contributed by atoms with Crippen molar-refractivity contribution in [3.63, 3.8) is 0 Å². The fraction of sp³-hybridized carbons (Fsp3) is 0.158. The molecule has 2 heterocycles. The van der Waals surface area contributed by atoms with Crippen LogP contribution in [0.5, 0.6) is 17.2 Å². The zero-order chi connectivity index (χ0) is 18.4. The van der Waals surface area contributed by atoms with E-state index in [1.165, 1.54) is 18.4 Å². The van der Waals surface area contributed by atoms with Gasteiger partial charge in [0, 0.05) is 15.6 Å². The van der Waals surface area contributed by atoms with E-state index in [0.29, 0.717) is 22.8 Å². The smallest absolute Gasteiger partial charge is 0.350 e. The van der Waals surface area contributed by atoms with Crippen molar-refractivity contribution < 1.29 is 28.5 Å². The molecule has 1 aliphatic heterocycles. The molecule has 3 aromatic rings. The third kappa shape index (κ3) is 2.17. The van der Waals surface area contributed by atoms with E-state index in [4.69, 9.17) is 18.9 Å². The van der Waals surface area contributed by atoms with Gasteiger partial charge in [0.1, 0.15) is 11.3 Å². The van der Waals surface area contributed by atoms with Crippen molar-refractivity contribution in [3.05, 3.63) is 40.8 Å². The lowest BCUT2D eigenvalue weighted by Gasteiger charge is -2.14. The summed E-state index contributed by atoms with van der Waals surface area (Å²) >= 11 is 1.46. The molecule has 0 unspecified atom stereocenters. The minimum Gasteiger partial charge on any atom is -0.495 e. The Hall–Kier alpha value is -3.06. The Kier molecular flexibility index (Phi) is 3.81. The second-order valence-corrected chi connectivity index (χ2v) is 6.48.